The van der Waals surface area contributed by atoms with E-state index in [1.54, 1.807) is 24.3 Å². The molecule has 174 valence electrons. The molecule has 1 aliphatic heterocycles. The molecule has 1 N–H and O–H groups in total. The Morgan fingerprint density at radius 1 is 0.971 bits per heavy atom. The van der Waals surface area contributed by atoms with Gasteiger partial charge < -0.3 is 10.0 Å². The zero-order chi connectivity index (χ0) is 24.2. The van der Waals surface area contributed by atoms with Crippen molar-refractivity contribution in [2.24, 2.45) is 0 Å². The smallest absolute Gasteiger partial charge is 0.332 e. The van der Waals surface area contributed by atoms with Crippen molar-refractivity contribution >= 4 is 58.7 Å². The summed E-state index contributed by atoms with van der Waals surface area (Å²) in [7, 11) is 0. The number of nitrogens with zero attached hydrogens (tertiary/aromatic N) is 2. The number of anilines is 1. The number of amides is 3. The van der Waals surface area contributed by atoms with Crippen LogP contribution < -0.4 is 4.90 Å². The van der Waals surface area contributed by atoms with Crippen molar-refractivity contribution in [3.63, 3.8) is 0 Å². The topological polar surface area (TPSA) is 77.9 Å². The summed E-state index contributed by atoms with van der Waals surface area (Å²) in [5.74, 6) is -1.67. The Morgan fingerprint density at radius 2 is 1.62 bits per heavy atom. The molecular formula is C25H21ClN2O4S2. The maximum atomic E-state index is 13.5. The van der Waals surface area contributed by atoms with Crippen LogP contribution in [0.5, 0.6) is 0 Å². The third kappa shape index (κ3) is 5.09. The van der Waals surface area contributed by atoms with Gasteiger partial charge in [-0.05, 0) is 54.3 Å². The molecule has 9 heteroatoms. The van der Waals surface area contributed by atoms with Crippen LogP contribution in [0.25, 0.3) is 0 Å². The Morgan fingerprint density at radius 3 is 2.29 bits per heavy atom. The van der Waals surface area contributed by atoms with E-state index in [1.165, 1.54) is 28.4 Å². The van der Waals surface area contributed by atoms with Crippen LogP contribution in [-0.2, 0) is 16.1 Å². The first-order valence-electron chi connectivity index (χ1n) is 10.4. The quantitative estimate of drug-likeness (QED) is 0.293. The highest BCUT2D eigenvalue weighted by Crippen LogP contribution is 2.36. The van der Waals surface area contributed by atoms with Gasteiger partial charge in [0.2, 0.25) is 0 Å². The monoisotopic (exact) mass is 512 g/mol. The molecule has 3 aromatic rings. The molecule has 1 aliphatic rings. The van der Waals surface area contributed by atoms with Gasteiger partial charge in [0.25, 0.3) is 5.91 Å². The van der Waals surface area contributed by atoms with E-state index in [2.05, 4.69) is 0 Å². The van der Waals surface area contributed by atoms with Gasteiger partial charge in [-0.1, -0.05) is 53.7 Å². The number of carbonyl (C=O) groups excluding carboxylic acids is 2. The highest BCUT2D eigenvalue weighted by atomic mass is 35.5. The molecule has 34 heavy (non-hydrogen) atoms. The van der Waals surface area contributed by atoms with Crippen molar-refractivity contribution in [2.75, 3.05) is 11.2 Å². The fourth-order valence-corrected chi connectivity index (χ4v) is 5.41. The number of carbonyl (C=O) groups is 3. The minimum atomic E-state index is -1.14. The van der Waals surface area contributed by atoms with Crippen molar-refractivity contribution in [1.29, 1.82) is 0 Å². The number of urea groups is 1. The zero-order valence-corrected chi connectivity index (χ0v) is 20.6. The molecule has 1 fully saturated rings. The fourth-order valence-electron chi connectivity index (χ4n) is 3.76. The van der Waals surface area contributed by atoms with Crippen LogP contribution in [-0.4, -0.2) is 40.2 Å². The number of imide groups is 1. The molecule has 6 nitrogen and oxygen atoms in total. The molecule has 0 aromatic heterocycles. The predicted molar refractivity (Wildman–Crippen MR) is 135 cm³/mol. The van der Waals surface area contributed by atoms with Crippen molar-refractivity contribution < 1.29 is 19.5 Å². The number of carboxylic acids is 1. The molecule has 0 saturated carbocycles. The maximum absolute atomic E-state index is 13.5. The van der Waals surface area contributed by atoms with E-state index in [4.69, 9.17) is 11.6 Å². The third-order valence-corrected chi connectivity index (χ3v) is 7.53. The second-order valence-corrected chi connectivity index (χ2v) is 9.93. The number of hydrogen-bond donors (Lipinski definition) is 1. The number of carboxylic acid groups (broad SMARTS) is 1. The number of thioether (sulfide) groups is 1. The molecule has 3 aromatic carbocycles. The molecule has 1 saturated heterocycles. The number of para-hydroxylation sites is 1. The summed E-state index contributed by atoms with van der Waals surface area (Å²) in [5.41, 5.74) is 1.28. The molecule has 0 aliphatic carbocycles. The fraction of sp³-hybridized carbons (Fsp3) is 0.160. The van der Waals surface area contributed by atoms with E-state index in [-0.39, 0.29) is 6.54 Å². The lowest BCUT2D eigenvalue weighted by Crippen LogP contribution is -2.36. The molecule has 1 heterocycles. The van der Waals surface area contributed by atoms with Crippen molar-refractivity contribution in [3.8, 4) is 0 Å². The SMILES string of the molecule is CSc1ccccc1N1C(=O)[C@H](CC(=O)O)N(Cc2ccccc2Sc2ccc(Cl)cc2)C1=O. The summed E-state index contributed by atoms with van der Waals surface area (Å²) in [4.78, 5) is 43.5. The molecule has 3 amide bonds. The van der Waals surface area contributed by atoms with Crippen molar-refractivity contribution in [1.82, 2.24) is 4.90 Å². The normalized spacial score (nSPS) is 15.8. The van der Waals surface area contributed by atoms with Crippen molar-refractivity contribution in [3.05, 3.63) is 83.4 Å². The number of hydrogen-bond acceptors (Lipinski definition) is 5. The van der Waals surface area contributed by atoms with Crippen LogP contribution in [0.2, 0.25) is 5.02 Å². The predicted octanol–water partition coefficient (Wildman–Crippen LogP) is 6.03. The molecule has 1 atom stereocenters. The molecule has 0 bridgehead atoms. The molecule has 0 spiro atoms. The van der Waals surface area contributed by atoms with Crippen molar-refractivity contribution in [2.45, 2.75) is 33.7 Å². The highest BCUT2D eigenvalue weighted by molar-refractivity contribution is 7.99. The summed E-state index contributed by atoms with van der Waals surface area (Å²) in [5, 5.41) is 10.1. The summed E-state index contributed by atoms with van der Waals surface area (Å²) in [6.07, 6.45) is 1.40. The van der Waals surface area contributed by atoms with Crippen LogP contribution in [0.15, 0.2) is 87.5 Å². The van der Waals surface area contributed by atoms with E-state index < -0.39 is 30.4 Å². The second kappa shape index (κ2) is 10.5. The van der Waals surface area contributed by atoms with E-state index >= 15 is 0 Å². The van der Waals surface area contributed by atoms with Crippen LogP contribution in [0, 0.1) is 0 Å². The van der Waals surface area contributed by atoms with E-state index in [0.717, 1.165) is 25.1 Å². The first-order valence-corrected chi connectivity index (χ1v) is 12.8. The van der Waals surface area contributed by atoms with E-state index in [9.17, 15) is 19.5 Å². The first-order chi connectivity index (χ1) is 16.4. The number of rotatable bonds is 8. The second-order valence-electron chi connectivity index (χ2n) is 7.53. The lowest BCUT2D eigenvalue weighted by molar-refractivity contribution is -0.140. The van der Waals surface area contributed by atoms with Crippen LogP contribution in [0.3, 0.4) is 0 Å². The van der Waals surface area contributed by atoms with Crippen LogP contribution >= 0.6 is 35.1 Å². The number of halogens is 1. The molecule has 4 rings (SSSR count). The number of benzene rings is 3. The lowest BCUT2D eigenvalue weighted by Gasteiger charge is -2.22. The first kappa shape index (κ1) is 24.2. The Bertz CT molecular complexity index is 1240. The van der Waals surface area contributed by atoms with E-state index in [0.29, 0.717) is 10.7 Å². The van der Waals surface area contributed by atoms with Gasteiger partial charge in [-0.15, -0.1) is 11.8 Å². The molecular weight excluding hydrogens is 492 g/mol. The molecule has 0 unspecified atom stereocenters. The zero-order valence-electron chi connectivity index (χ0n) is 18.2. The Kier molecular flexibility index (Phi) is 7.50. The Hall–Kier alpha value is -2.94. The largest absolute Gasteiger partial charge is 0.481 e. The minimum absolute atomic E-state index is 0.108. The lowest BCUT2D eigenvalue weighted by atomic mass is 10.1. The van der Waals surface area contributed by atoms with Gasteiger partial charge in [0, 0.05) is 26.3 Å². The van der Waals surface area contributed by atoms with Gasteiger partial charge in [-0.3, -0.25) is 9.59 Å². The third-order valence-electron chi connectivity index (χ3n) is 5.37. The summed E-state index contributed by atoms with van der Waals surface area (Å²) < 4.78 is 0. The van der Waals surface area contributed by atoms with Crippen LogP contribution in [0.1, 0.15) is 12.0 Å². The molecule has 0 radical (unpaired) electrons. The van der Waals surface area contributed by atoms with Gasteiger partial charge >= 0.3 is 12.0 Å². The number of aliphatic carboxylic acids is 1. The summed E-state index contributed by atoms with van der Waals surface area (Å²) >= 11 is 8.92. The average molecular weight is 513 g/mol. The minimum Gasteiger partial charge on any atom is -0.481 e. The Labute approximate surface area is 210 Å². The Balaban J connectivity index is 1.67. The van der Waals surface area contributed by atoms with Gasteiger partial charge in [-0.2, -0.15) is 0 Å². The maximum Gasteiger partial charge on any atom is 0.332 e. The standard InChI is InChI=1S/C25H21ClN2O4S2/c1-33-22-9-5-3-7-19(22)28-24(31)20(14-23(29)30)27(25(28)32)15-16-6-2-4-8-21(16)34-18-12-10-17(26)11-13-18/h2-13,20H,14-15H2,1H3,(H,29,30)/t20-/m0/s1. The highest BCUT2D eigenvalue weighted by Gasteiger charge is 2.47. The van der Waals surface area contributed by atoms with Gasteiger partial charge in [0.1, 0.15) is 6.04 Å². The van der Waals surface area contributed by atoms with E-state index in [1.807, 2.05) is 54.8 Å². The van der Waals surface area contributed by atoms with Gasteiger partial charge in [-0.25, -0.2) is 9.69 Å². The van der Waals surface area contributed by atoms with Crippen LogP contribution in [0.4, 0.5) is 10.5 Å². The average Bonchev–Trinajstić information content (AvgIpc) is 3.05. The van der Waals surface area contributed by atoms with Gasteiger partial charge in [0.05, 0.1) is 12.1 Å². The van der Waals surface area contributed by atoms with Gasteiger partial charge in [0.15, 0.2) is 0 Å². The summed E-state index contributed by atoms with van der Waals surface area (Å²) in [6.45, 7) is 0.108. The summed E-state index contributed by atoms with van der Waals surface area (Å²) in [6, 6.07) is 20.5.